The summed E-state index contributed by atoms with van der Waals surface area (Å²) in [4.78, 5) is 0.291. The minimum absolute atomic E-state index is 0.0645. The molecule has 5 nitrogen and oxygen atoms in total. The third-order valence-corrected chi connectivity index (χ3v) is 8.38. The quantitative estimate of drug-likeness (QED) is 0.828. The number of sulfone groups is 1. The molecule has 1 heterocycles. The molecular weight excluding hydrogens is 322 g/mol. The van der Waals surface area contributed by atoms with Gasteiger partial charge in [-0.05, 0) is 48.9 Å². The summed E-state index contributed by atoms with van der Waals surface area (Å²) in [6.45, 7) is 2.05. The Morgan fingerprint density at radius 3 is 2.59 bits per heavy atom. The number of hydrogen-bond donors (Lipinski definition) is 0. The van der Waals surface area contributed by atoms with E-state index >= 15 is 0 Å². The van der Waals surface area contributed by atoms with E-state index in [0.29, 0.717) is 17.9 Å². The molecule has 1 aromatic rings. The molecule has 0 aromatic heterocycles. The zero-order valence-electron chi connectivity index (χ0n) is 12.7. The lowest BCUT2D eigenvalue weighted by Gasteiger charge is -2.26. The summed E-state index contributed by atoms with van der Waals surface area (Å²) in [5, 5.41) is 0. The van der Waals surface area contributed by atoms with Crippen molar-refractivity contribution in [3.05, 3.63) is 29.3 Å². The average molecular weight is 343 g/mol. The third-order valence-electron chi connectivity index (χ3n) is 4.60. The van der Waals surface area contributed by atoms with Crippen molar-refractivity contribution in [3.63, 3.8) is 0 Å². The largest absolute Gasteiger partial charge is 0.243 e. The lowest BCUT2D eigenvalue weighted by Crippen LogP contribution is -2.40. The van der Waals surface area contributed by atoms with Gasteiger partial charge in [-0.3, -0.25) is 0 Å². The minimum Gasteiger partial charge on any atom is -0.229 e. The van der Waals surface area contributed by atoms with Gasteiger partial charge in [-0.15, -0.1) is 0 Å². The molecule has 0 spiro atoms. The Kier molecular flexibility index (Phi) is 4.07. The molecule has 122 valence electrons. The zero-order valence-corrected chi connectivity index (χ0v) is 14.3. The van der Waals surface area contributed by atoms with E-state index in [1.54, 1.807) is 19.1 Å². The van der Waals surface area contributed by atoms with E-state index < -0.39 is 25.9 Å². The summed E-state index contributed by atoms with van der Waals surface area (Å²) < 4.78 is 50.5. The fourth-order valence-corrected chi connectivity index (χ4v) is 7.01. The number of nitrogens with zero attached hydrogens (tertiary/aromatic N) is 1. The molecule has 0 bridgehead atoms. The molecule has 0 N–H and O–H groups in total. The lowest BCUT2D eigenvalue weighted by molar-refractivity contribution is 0.354. The van der Waals surface area contributed by atoms with Crippen LogP contribution in [0.1, 0.15) is 30.9 Å². The van der Waals surface area contributed by atoms with Crippen LogP contribution in [0.5, 0.6) is 0 Å². The van der Waals surface area contributed by atoms with Gasteiger partial charge in [0.2, 0.25) is 10.0 Å². The van der Waals surface area contributed by atoms with E-state index in [1.165, 1.54) is 9.87 Å². The second kappa shape index (κ2) is 5.62. The molecule has 22 heavy (non-hydrogen) atoms. The van der Waals surface area contributed by atoms with Crippen molar-refractivity contribution < 1.29 is 16.8 Å². The van der Waals surface area contributed by atoms with Crippen molar-refractivity contribution in [1.82, 2.24) is 4.31 Å². The van der Waals surface area contributed by atoms with Gasteiger partial charge < -0.3 is 0 Å². The molecule has 1 saturated heterocycles. The highest BCUT2D eigenvalue weighted by molar-refractivity contribution is 7.92. The predicted molar refractivity (Wildman–Crippen MR) is 85.1 cm³/mol. The second-order valence-electron chi connectivity index (χ2n) is 6.05. The Morgan fingerprint density at radius 1 is 1.23 bits per heavy atom. The van der Waals surface area contributed by atoms with Crippen LogP contribution in [-0.2, 0) is 32.7 Å². The van der Waals surface area contributed by atoms with Gasteiger partial charge in [0.1, 0.15) is 0 Å². The molecule has 1 fully saturated rings. The van der Waals surface area contributed by atoms with Crippen molar-refractivity contribution in [2.24, 2.45) is 0 Å². The maximum Gasteiger partial charge on any atom is 0.243 e. The van der Waals surface area contributed by atoms with Gasteiger partial charge in [-0.25, -0.2) is 16.8 Å². The van der Waals surface area contributed by atoms with Gasteiger partial charge in [0.05, 0.1) is 16.4 Å². The summed E-state index contributed by atoms with van der Waals surface area (Å²) in [5.41, 5.74) is 2.33. The molecule has 1 unspecified atom stereocenters. The van der Waals surface area contributed by atoms with E-state index in [0.717, 1.165) is 24.8 Å². The number of rotatable bonds is 4. The van der Waals surface area contributed by atoms with Gasteiger partial charge in [0.15, 0.2) is 9.84 Å². The summed E-state index contributed by atoms with van der Waals surface area (Å²) in [7, 11) is -6.75. The first kappa shape index (κ1) is 16.0. The van der Waals surface area contributed by atoms with Crippen LogP contribution in [0.3, 0.4) is 0 Å². The van der Waals surface area contributed by atoms with Gasteiger partial charge in [-0.1, -0.05) is 13.0 Å². The van der Waals surface area contributed by atoms with E-state index in [2.05, 4.69) is 0 Å². The van der Waals surface area contributed by atoms with Crippen LogP contribution in [0, 0.1) is 0 Å². The Morgan fingerprint density at radius 2 is 1.95 bits per heavy atom. The fraction of sp³-hybridized carbons (Fsp3) is 0.600. The van der Waals surface area contributed by atoms with Crippen LogP contribution in [0.25, 0.3) is 0 Å². The smallest absolute Gasteiger partial charge is 0.229 e. The van der Waals surface area contributed by atoms with E-state index in [4.69, 9.17) is 0 Å². The molecule has 0 radical (unpaired) electrons. The van der Waals surface area contributed by atoms with Crippen LogP contribution < -0.4 is 0 Å². The van der Waals surface area contributed by atoms with Crippen LogP contribution in [0.15, 0.2) is 23.1 Å². The number of hydrogen-bond acceptors (Lipinski definition) is 4. The SMILES string of the molecule is CCN(C1CCS(=O)(=O)C1)S(=O)(=O)c1ccc2c(c1)CCC2. The van der Waals surface area contributed by atoms with Crippen LogP contribution in [0.2, 0.25) is 0 Å². The summed E-state index contributed by atoms with van der Waals surface area (Å²) in [6.07, 6.45) is 3.38. The molecule has 1 aliphatic heterocycles. The van der Waals surface area contributed by atoms with Crippen molar-refractivity contribution in [2.75, 3.05) is 18.1 Å². The molecule has 1 aromatic carbocycles. The van der Waals surface area contributed by atoms with Crippen LogP contribution in [-0.4, -0.2) is 45.2 Å². The van der Waals surface area contributed by atoms with Crippen molar-refractivity contribution in [1.29, 1.82) is 0 Å². The van der Waals surface area contributed by atoms with Gasteiger partial charge in [0, 0.05) is 12.6 Å². The molecular formula is C15H21NO4S2. The predicted octanol–water partition coefficient (Wildman–Crippen LogP) is 1.37. The topological polar surface area (TPSA) is 71.5 Å². The minimum atomic E-state index is -3.64. The third kappa shape index (κ3) is 2.81. The molecule has 7 heteroatoms. The molecule has 1 atom stereocenters. The Labute approximate surface area is 132 Å². The molecule has 0 saturated carbocycles. The number of benzene rings is 1. The highest BCUT2D eigenvalue weighted by atomic mass is 32.2. The number of aryl methyl sites for hydroxylation is 2. The van der Waals surface area contributed by atoms with Gasteiger partial charge >= 0.3 is 0 Å². The number of fused-ring (bicyclic) bond motifs is 1. The van der Waals surface area contributed by atoms with E-state index in [-0.39, 0.29) is 11.5 Å². The van der Waals surface area contributed by atoms with Gasteiger partial charge in [-0.2, -0.15) is 4.31 Å². The maximum absolute atomic E-state index is 12.9. The van der Waals surface area contributed by atoms with Crippen molar-refractivity contribution in [2.45, 2.75) is 43.5 Å². The monoisotopic (exact) mass is 343 g/mol. The Balaban J connectivity index is 1.94. The summed E-state index contributed by atoms with van der Waals surface area (Å²) in [5.74, 6) is 0.0128. The summed E-state index contributed by atoms with van der Waals surface area (Å²) >= 11 is 0. The van der Waals surface area contributed by atoms with Crippen molar-refractivity contribution in [3.8, 4) is 0 Å². The Hall–Kier alpha value is -0.920. The first-order chi connectivity index (χ1) is 10.3. The van der Waals surface area contributed by atoms with E-state index in [9.17, 15) is 16.8 Å². The molecule has 2 aliphatic rings. The average Bonchev–Trinajstić information content (AvgIpc) is 3.04. The first-order valence-electron chi connectivity index (χ1n) is 7.67. The normalized spacial score (nSPS) is 23.8. The second-order valence-corrected chi connectivity index (χ2v) is 10.2. The van der Waals surface area contributed by atoms with Gasteiger partial charge in [0.25, 0.3) is 0 Å². The highest BCUT2D eigenvalue weighted by Gasteiger charge is 2.38. The van der Waals surface area contributed by atoms with Crippen molar-refractivity contribution >= 4 is 19.9 Å². The fourth-order valence-electron chi connectivity index (χ4n) is 3.47. The highest BCUT2D eigenvalue weighted by Crippen LogP contribution is 2.29. The van der Waals surface area contributed by atoms with Crippen LogP contribution in [0.4, 0.5) is 0 Å². The molecule has 1 aliphatic carbocycles. The molecule has 0 amide bonds. The molecule has 3 rings (SSSR count). The zero-order chi connectivity index (χ0) is 16.0. The first-order valence-corrected chi connectivity index (χ1v) is 10.9. The Bertz CT molecular complexity index is 784. The summed E-state index contributed by atoms with van der Waals surface area (Å²) in [6, 6.07) is 4.89. The number of sulfonamides is 1. The van der Waals surface area contributed by atoms with E-state index in [1.807, 2.05) is 6.07 Å². The maximum atomic E-state index is 12.9. The lowest BCUT2D eigenvalue weighted by atomic mass is 10.1. The standard InChI is InChI=1S/C15H21NO4S2/c1-2-16(14-8-9-21(17,18)11-14)22(19,20)15-7-6-12-4-3-5-13(12)10-15/h6-7,10,14H,2-5,8-9,11H2,1H3. The van der Waals surface area contributed by atoms with Crippen LogP contribution >= 0.6 is 0 Å².